The number of rotatable bonds is 3. The molecule has 3 atom stereocenters. The van der Waals surface area contributed by atoms with Crippen LogP contribution in [0.1, 0.15) is 25.0 Å². The summed E-state index contributed by atoms with van der Waals surface area (Å²) in [5.41, 5.74) is 7.37. The number of anilines is 1. The van der Waals surface area contributed by atoms with Crippen molar-refractivity contribution in [2.75, 3.05) is 18.0 Å². The van der Waals surface area contributed by atoms with Gasteiger partial charge in [-0.3, -0.25) is 0 Å². The van der Waals surface area contributed by atoms with Gasteiger partial charge in [-0.1, -0.05) is 12.5 Å². The van der Waals surface area contributed by atoms with Gasteiger partial charge in [0.25, 0.3) is 0 Å². The Labute approximate surface area is 115 Å². The predicted octanol–water partition coefficient (Wildman–Crippen LogP) is 1.94. The molecule has 2 fully saturated rings. The maximum atomic E-state index is 6.29. The van der Waals surface area contributed by atoms with Gasteiger partial charge in [-0.2, -0.15) is 0 Å². The first-order chi connectivity index (χ1) is 9.19. The molecule has 1 saturated carbocycles. The molecule has 0 radical (unpaired) electrons. The van der Waals surface area contributed by atoms with E-state index in [0.29, 0.717) is 12.0 Å². The summed E-state index contributed by atoms with van der Waals surface area (Å²) < 4.78 is 2.20. The monoisotopic (exact) mass is 260 g/mol. The van der Waals surface area contributed by atoms with Crippen LogP contribution < -0.4 is 10.6 Å². The molecule has 104 valence electrons. The summed E-state index contributed by atoms with van der Waals surface area (Å²) >= 11 is 0. The summed E-state index contributed by atoms with van der Waals surface area (Å²) in [5.74, 6) is 2.51. The number of fused-ring (bicyclic) bond motifs is 1. The van der Waals surface area contributed by atoms with Gasteiger partial charge in [0.05, 0.1) is 5.69 Å². The van der Waals surface area contributed by atoms with Crippen LogP contribution in [0.3, 0.4) is 0 Å². The Morgan fingerprint density at radius 1 is 1.47 bits per heavy atom. The minimum absolute atomic E-state index is 0.382. The molecule has 0 aromatic carbocycles. The van der Waals surface area contributed by atoms with Gasteiger partial charge in [0.2, 0.25) is 5.95 Å². The fraction of sp³-hybridized carbons (Fsp3) is 0.667. The smallest absolute Gasteiger partial charge is 0.206 e. The van der Waals surface area contributed by atoms with E-state index in [9.17, 15) is 0 Å². The Morgan fingerprint density at radius 2 is 2.32 bits per heavy atom. The molecule has 2 N–H and O–H groups in total. The van der Waals surface area contributed by atoms with Crippen molar-refractivity contribution < 1.29 is 0 Å². The molecule has 4 nitrogen and oxygen atoms in total. The van der Waals surface area contributed by atoms with Gasteiger partial charge < -0.3 is 15.2 Å². The number of hydrogen-bond donors (Lipinski definition) is 1. The number of hydrogen-bond acceptors (Lipinski definition) is 3. The Bertz CT molecular complexity index is 465. The number of imidazole rings is 1. The molecule has 0 spiro atoms. The second-order valence-corrected chi connectivity index (χ2v) is 6.05. The Kier molecular flexibility index (Phi) is 3.35. The first kappa shape index (κ1) is 12.7. The molecule has 1 aliphatic carbocycles. The van der Waals surface area contributed by atoms with E-state index in [2.05, 4.69) is 29.2 Å². The van der Waals surface area contributed by atoms with Crippen molar-refractivity contribution in [2.45, 2.75) is 38.8 Å². The zero-order chi connectivity index (χ0) is 13.4. The van der Waals surface area contributed by atoms with Crippen molar-refractivity contribution in [2.24, 2.45) is 17.6 Å². The quantitative estimate of drug-likeness (QED) is 0.845. The first-order valence-corrected chi connectivity index (χ1v) is 7.34. The Hall–Kier alpha value is -1.29. The summed E-state index contributed by atoms with van der Waals surface area (Å²) in [6.07, 6.45) is 7.85. The fourth-order valence-electron chi connectivity index (χ4n) is 3.74. The van der Waals surface area contributed by atoms with Gasteiger partial charge in [-0.15, -0.1) is 6.58 Å². The topological polar surface area (TPSA) is 47.1 Å². The van der Waals surface area contributed by atoms with E-state index >= 15 is 0 Å². The molecule has 1 aromatic rings. The minimum atomic E-state index is 0.382. The summed E-state index contributed by atoms with van der Waals surface area (Å²) in [5, 5.41) is 0. The van der Waals surface area contributed by atoms with Crippen molar-refractivity contribution in [3.63, 3.8) is 0 Å². The number of allylic oxidation sites excluding steroid dienone is 1. The van der Waals surface area contributed by atoms with Crippen molar-refractivity contribution in [1.29, 1.82) is 0 Å². The van der Waals surface area contributed by atoms with E-state index in [-0.39, 0.29) is 0 Å². The maximum absolute atomic E-state index is 6.29. The molecule has 3 rings (SSSR count). The molecule has 3 unspecified atom stereocenters. The van der Waals surface area contributed by atoms with Crippen LogP contribution in [-0.4, -0.2) is 28.7 Å². The van der Waals surface area contributed by atoms with Crippen LogP contribution in [-0.2, 0) is 6.54 Å². The second-order valence-electron chi connectivity index (χ2n) is 6.05. The van der Waals surface area contributed by atoms with Crippen LogP contribution in [0.2, 0.25) is 0 Å². The predicted molar refractivity (Wildman–Crippen MR) is 78.2 cm³/mol. The van der Waals surface area contributed by atoms with Gasteiger partial charge in [0.1, 0.15) is 0 Å². The first-order valence-electron chi connectivity index (χ1n) is 7.34. The van der Waals surface area contributed by atoms with Gasteiger partial charge in [0, 0.05) is 31.9 Å². The highest BCUT2D eigenvalue weighted by Crippen LogP contribution is 2.37. The minimum Gasteiger partial charge on any atom is -0.342 e. The van der Waals surface area contributed by atoms with Gasteiger partial charge in [-0.25, -0.2) is 4.98 Å². The summed E-state index contributed by atoms with van der Waals surface area (Å²) in [4.78, 5) is 7.12. The molecule has 1 aromatic heterocycles. The van der Waals surface area contributed by atoms with Gasteiger partial charge >= 0.3 is 0 Å². The van der Waals surface area contributed by atoms with Crippen molar-refractivity contribution in [3.05, 3.63) is 24.5 Å². The molecular weight excluding hydrogens is 236 g/mol. The molecule has 2 aliphatic rings. The lowest BCUT2D eigenvalue weighted by Crippen LogP contribution is -2.38. The van der Waals surface area contributed by atoms with E-state index in [0.717, 1.165) is 37.2 Å². The molecule has 0 bridgehead atoms. The number of nitrogens with zero attached hydrogens (tertiary/aromatic N) is 3. The van der Waals surface area contributed by atoms with E-state index in [1.807, 2.05) is 6.08 Å². The standard InChI is InChI=1S/C15H24N4/c1-3-7-18-8-11(2)17-15(18)19-9-12-5-4-6-14(16)13(12)10-19/h3,8,12-14H,1,4-7,9-10,16H2,2H3. The third-order valence-corrected chi connectivity index (χ3v) is 4.64. The number of aromatic nitrogens is 2. The average Bonchev–Trinajstić information content (AvgIpc) is 2.94. The lowest BCUT2D eigenvalue weighted by molar-refractivity contribution is 0.260. The molecule has 1 aliphatic heterocycles. The van der Waals surface area contributed by atoms with E-state index in [4.69, 9.17) is 10.7 Å². The van der Waals surface area contributed by atoms with Crippen molar-refractivity contribution in [1.82, 2.24) is 9.55 Å². The van der Waals surface area contributed by atoms with Crippen LogP contribution in [0.4, 0.5) is 5.95 Å². The summed E-state index contributed by atoms with van der Waals surface area (Å²) in [6.45, 7) is 8.90. The van der Waals surface area contributed by atoms with Gasteiger partial charge in [0.15, 0.2) is 0 Å². The molecule has 4 heteroatoms. The Morgan fingerprint density at radius 3 is 3.05 bits per heavy atom. The maximum Gasteiger partial charge on any atom is 0.206 e. The van der Waals surface area contributed by atoms with Crippen molar-refractivity contribution in [3.8, 4) is 0 Å². The van der Waals surface area contributed by atoms with Crippen LogP contribution >= 0.6 is 0 Å². The zero-order valence-electron chi connectivity index (χ0n) is 11.8. The van der Waals surface area contributed by atoms with Crippen LogP contribution in [0, 0.1) is 18.8 Å². The van der Waals surface area contributed by atoms with Crippen LogP contribution in [0.5, 0.6) is 0 Å². The molecule has 1 saturated heterocycles. The molecular formula is C15H24N4. The van der Waals surface area contributed by atoms with E-state index < -0.39 is 0 Å². The van der Waals surface area contributed by atoms with E-state index in [1.165, 1.54) is 19.3 Å². The largest absolute Gasteiger partial charge is 0.342 e. The van der Waals surface area contributed by atoms with Gasteiger partial charge in [-0.05, 0) is 31.6 Å². The SMILES string of the molecule is C=CCn1cc(C)nc1N1CC2CCCC(N)C2C1. The molecule has 2 heterocycles. The third-order valence-electron chi connectivity index (χ3n) is 4.64. The number of aryl methyl sites for hydroxylation is 1. The van der Waals surface area contributed by atoms with Crippen LogP contribution in [0.15, 0.2) is 18.9 Å². The van der Waals surface area contributed by atoms with Crippen molar-refractivity contribution >= 4 is 5.95 Å². The van der Waals surface area contributed by atoms with E-state index in [1.54, 1.807) is 0 Å². The zero-order valence-corrected chi connectivity index (χ0v) is 11.8. The fourth-order valence-corrected chi connectivity index (χ4v) is 3.74. The van der Waals surface area contributed by atoms with Crippen LogP contribution in [0.25, 0.3) is 0 Å². The molecule has 0 amide bonds. The third kappa shape index (κ3) is 2.29. The lowest BCUT2D eigenvalue weighted by Gasteiger charge is -2.29. The Balaban J connectivity index is 1.82. The number of nitrogens with two attached hydrogens (primary N) is 1. The lowest BCUT2D eigenvalue weighted by atomic mass is 9.78. The summed E-state index contributed by atoms with van der Waals surface area (Å²) in [7, 11) is 0. The normalized spacial score (nSPS) is 30.4. The highest BCUT2D eigenvalue weighted by molar-refractivity contribution is 5.36. The average molecular weight is 260 g/mol. The summed E-state index contributed by atoms with van der Waals surface area (Å²) in [6, 6.07) is 0.382. The molecule has 19 heavy (non-hydrogen) atoms. The highest BCUT2D eigenvalue weighted by atomic mass is 15.3. The second kappa shape index (κ2) is 5.00. The highest BCUT2D eigenvalue weighted by Gasteiger charge is 2.39.